The molecule has 0 aliphatic carbocycles. The molecule has 0 radical (unpaired) electrons. The molecule has 0 saturated carbocycles. The third-order valence-electron chi connectivity index (χ3n) is 4.53. The summed E-state index contributed by atoms with van der Waals surface area (Å²) < 4.78 is 10.7. The summed E-state index contributed by atoms with van der Waals surface area (Å²) in [5, 5.41) is 7.17. The lowest BCUT2D eigenvalue weighted by atomic mass is 10.1. The summed E-state index contributed by atoms with van der Waals surface area (Å²) in [4.78, 5) is 20.9. The molecule has 3 heterocycles. The Morgan fingerprint density at radius 3 is 2.60 bits per heavy atom. The zero-order valence-electron chi connectivity index (χ0n) is 14.6. The number of carbonyl (C=O) groups excluding carboxylic acids is 1. The Bertz CT molecular complexity index is 531. The van der Waals surface area contributed by atoms with Crippen LogP contribution in [-0.4, -0.2) is 77.8 Å². The number of aromatic nitrogens is 2. The van der Waals surface area contributed by atoms with Crippen LogP contribution < -0.4 is 5.32 Å². The molecule has 1 aromatic rings. The molecule has 3 rings (SSSR count). The second-order valence-electron chi connectivity index (χ2n) is 6.20. The van der Waals surface area contributed by atoms with E-state index in [1.54, 1.807) is 0 Å². The van der Waals surface area contributed by atoms with Gasteiger partial charge in [-0.1, -0.05) is 5.16 Å². The molecule has 0 aromatic carbocycles. The van der Waals surface area contributed by atoms with E-state index < -0.39 is 0 Å². The van der Waals surface area contributed by atoms with Gasteiger partial charge in [-0.15, -0.1) is 24.8 Å². The molecule has 25 heavy (non-hydrogen) atoms. The highest BCUT2D eigenvalue weighted by Gasteiger charge is 2.28. The minimum Gasteiger partial charge on any atom is -0.378 e. The summed E-state index contributed by atoms with van der Waals surface area (Å²) in [6.07, 6.45) is 0.512. The van der Waals surface area contributed by atoms with Crippen LogP contribution in [0.5, 0.6) is 0 Å². The van der Waals surface area contributed by atoms with Crippen LogP contribution in [0.4, 0.5) is 0 Å². The first-order chi connectivity index (χ1) is 11.1. The van der Waals surface area contributed by atoms with Crippen molar-refractivity contribution in [2.75, 3.05) is 45.9 Å². The van der Waals surface area contributed by atoms with E-state index in [0.29, 0.717) is 24.7 Å². The molecule has 1 aromatic heterocycles. The van der Waals surface area contributed by atoms with E-state index in [9.17, 15) is 4.79 Å². The number of morpholine rings is 1. The van der Waals surface area contributed by atoms with Crippen molar-refractivity contribution in [3.63, 3.8) is 0 Å². The molecule has 2 fully saturated rings. The average molecular weight is 396 g/mol. The van der Waals surface area contributed by atoms with Crippen molar-refractivity contribution in [1.82, 2.24) is 25.3 Å². The lowest BCUT2D eigenvalue weighted by molar-refractivity contribution is -0.134. The van der Waals surface area contributed by atoms with Gasteiger partial charge >= 0.3 is 0 Å². The molecule has 2 unspecified atom stereocenters. The Labute approximate surface area is 160 Å². The summed E-state index contributed by atoms with van der Waals surface area (Å²) in [5.74, 6) is 1.50. The molecule has 1 amide bonds. The zero-order valence-corrected chi connectivity index (χ0v) is 16.3. The highest BCUT2D eigenvalue weighted by atomic mass is 35.5. The van der Waals surface area contributed by atoms with E-state index in [1.165, 1.54) is 0 Å². The van der Waals surface area contributed by atoms with Gasteiger partial charge < -0.3 is 19.5 Å². The molecule has 144 valence electrons. The molecule has 1 N–H and O–H groups in total. The van der Waals surface area contributed by atoms with Crippen LogP contribution in [0.25, 0.3) is 0 Å². The summed E-state index contributed by atoms with van der Waals surface area (Å²) in [7, 11) is 0. The standard InChI is InChI=1S/C15H25N5O3.2ClH/c1-11(15-17-12(2)18-23-15)19-4-6-20(7-5-19)14(21)9-13-10-22-8-3-16-13;;/h11,13,16H,3-10H2,1-2H3;2*1H. The normalized spacial score (nSPS) is 22.6. The fraction of sp³-hybridized carbons (Fsp3) is 0.800. The number of carbonyl (C=O) groups is 1. The highest BCUT2D eigenvalue weighted by Crippen LogP contribution is 2.20. The molecule has 10 heteroatoms. The van der Waals surface area contributed by atoms with Crippen LogP contribution in [0, 0.1) is 6.92 Å². The van der Waals surface area contributed by atoms with Crippen molar-refractivity contribution in [3.05, 3.63) is 11.7 Å². The van der Waals surface area contributed by atoms with E-state index in [0.717, 1.165) is 39.3 Å². The maximum Gasteiger partial charge on any atom is 0.243 e. The van der Waals surface area contributed by atoms with E-state index >= 15 is 0 Å². The van der Waals surface area contributed by atoms with Gasteiger partial charge in [0, 0.05) is 45.2 Å². The predicted octanol–water partition coefficient (Wildman–Crippen LogP) is 0.805. The Morgan fingerprint density at radius 2 is 2.04 bits per heavy atom. The van der Waals surface area contributed by atoms with Gasteiger partial charge in [-0.2, -0.15) is 4.98 Å². The number of piperazine rings is 1. The fourth-order valence-corrected chi connectivity index (χ4v) is 3.09. The molecular formula is C15H27Cl2N5O3. The number of hydrogen-bond donors (Lipinski definition) is 1. The van der Waals surface area contributed by atoms with Crippen LogP contribution in [0.1, 0.15) is 31.1 Å². The van der Waals surface area contributed by atoms with Gasteiger partial charge in [-0.25, -0.2) is 0 Å². The minimum atomic E-state index is 0. The number of aryl methyl sites for hydroxylation is 1. The zero-order chi connectivity index (χ0) is 16.2. The molecule has 2 aliphatic heterocycles. The molecule has 2 atom stereocenters. The minimum absolute atomic E-state index is 0. The number of amides is 1. The first-order valence-corrected chi connectivity index (χ1v) is 8.26. The summed E-state index contributed by atoms with van der Waals surface area (Å²) in [6.45, 7) is 9.19. The SMILES string of the molecule is Cc1noc(C(C)N2CCN(C(=O)CC3COCCN3)CC2)n1.Cl.Cl. The Balaban J connectivity index is 0.00000156. The fourth-order valence-electron chi connectivity index (χ4n) is 3.09. The monoisotopic (exact) mass is 395 g/mol. The Hall–Kier alpha value is -0.930. The van der Waals surface area contributed by atoms with E-state index in [4.69, 9.17) is 9.26 Å². The quantitative estimate of drug-likeness (QED) is 0.806. The highest BCUT2D eigenvalue weighted by molar-refractivity contribution is 5.85. The van der Waals surface area contributed by atoms with Crippen LogP contribution in [0.15, 0.2) is 4.52 Å². The Kier molecular flexibility index (Phi) is 9.09. The van der Waals surface area contributed by atoms with Gasteiger partial charge in [0.15, 0.2) is 5.82 Å². The van der Waals surface area contributed by atoms with Crippen LogP contribution in [0.3, 0.4) is 0 Å². The van der Waals surface area contributed by atoms with Gasteiger partial charge in [0.25, 0.3) is 0 Å². The lowest BCUT2D eigenvalue weighted by Gasteiger charge is -2.37. The number of nitrogens with one attached hydrogen (secondary N) is 1. The van der Waals surface area contributed by atoms with Crippen molar-refractivity contribution < 1.29 is 14.1 Å². The van der Waals surface area contributed by atoms with Gasteiger partial charge in [0.2, 0.25) is 11.8 Å². The van der Waals surface area contributed by atoms with Crippen molar-refractivity contribution >= 4 is 30.7 Å². The van der Waals surface area contributed by atoms with Crippen molar-refractivity contribution in [2.45, 2.75) is 32.4 Å². The number of ether oxygens (including phenoxy) is 1. The summed E-state index contributed by atoms with van der Waals surface area (Å²) >= 11 is 0. The number of nitrogens with zero attached hydrogens (tertiary/aromatic N) is 4. The first kappa shape index (κ1) is 22.1. The van der Waals surface area contributed by atoms with Gasteiger partial charge in [-0.05, 0) is 13.8 Å². The smallest absolute Gasteiger partial charge is 0.243 e. The topological polar surface area (TPSA) is 83.7 Å². The van der Waals surface area contributed by atoms with Crippen molar-refractivity contribution in [1.29, 1.82) is 0 Å². The van der Waals surface area contributed by atoms with Crippen molar-refractivity contribution in [3.8, 4) is 0 Å². The summed E-state index contributed by atoms with van der Waals surface area (Å²) in [6, 6.07) is 0.233. The number of hydrogen-bond acceptors (Lipinski definition) is 7. The molecule has 0 bridgehead atoms. The Morgan fingerprint density at radius 1 is 1.32 bits per heavy atom. The maximum atomic E-state index is 12.4. The maximum absolute atomic E-state index is 12.4. The van der Waals surface area contributed by atoms with E-state index in [2.05, 4.69) is 27.3 Å². The van der Waals surface area contributed by atoms with Crippen molar-refractivity contribution in [2.24, 2.45) is 0 Å². The summed E-state index contributed by atoms with van der Waals surface area (Å²) in [5.41, 5.74) is 0. The first-order valence-electron chi connectivity index (χ1n) is 8.26. The largest absolute Gasteiger partial charge is 0.378 e. The van der Waals surface area contributed by atoms with Gasteiger partial charge in [-0.3, -0.25) is 9.69 Å². The number of rotatable bonds is 4. The molecule has 2 saturated heterocycles. The molecular weight excluding hydrogens is 369 g/mol. The predicted molar refractivity (Wildman–Crippen MR) is 97.3 cm³/mol. The van der Waals surface area contributed by atoms with Crippen LogP contribution in [-0.2, 0) is 9.53 Å². The third-order valence-corrected chi connectivity index (χ3v) is 4.53. The van der Waals surface area contributed by atoms with E-state index in [-0.39, 0.29) is 42.8 Å². The lowest BCUT2D eigenvalue weighted by Crippen LogP contribution is -2.51. The average Bonchev–Trinajstić information content (AvgIpc) is 3.02. The molecule has 0 spiro atoms. The number of halogens is 2. The second kappa shape index (κ2) is 10.3. The third kappa shape index (κ3) is 5.79. The van der Waals surface area contributed by atoms with Gasteiger partial charge in [0.1, 0.15) is 0 Å². The second-order valence-corrected chi connectivity index (χ2v) is 6.20. The van der Waals surface area contributed by atoms with Crippen LogP contribution >= 0.6 is 24.8 Å². The van der Waals surface area contributed by atoms with Crippen LogP contribution in [0.2, 0.25) is 0 Å². The van der Waals surface area contributed by atoms with Gasteiger partial charge in [0.05, 0.1) is 19.3 Å². The molecule has 8 nitrogen and oxygen atoms in total. The van der Waals surface area contributed by atoms with E-state index in [1.807, 2.05) is 11.8 Å². The molecule has 2 aliphatic rings.